The van der Waals surface area contributed by atoms with Crippen molar-refractivity contribution in [1.29, 1.82) is 5.26 Å². The molecule has 3 rings (SSSR count). The summed E-state index contributed by atoms with van der Waals surface area (Å²) in [6.45, 7) is 2.56. The molecule has 1 fully saturated rings. The Morgan fingerprint density at radius 2 is 2.00 bits per heavy atom. The quantitative estimate of drug-likeness (QED) is 0.857. The van der Waals surface area contributed by atoms with Gasteiger partial charge in [-0.1, -0.05) is 36.4 Å². The molecule has 1 aliphatic heterocycles. The molecule has 0 aliphatic carbocycles. The minimum absolute atomic E-state index is 0.280. The average Bonchev–Trinajstić information content (AvgIpc) is 2.99. The Morgan fingerprint density at radius 3 is 2.71 bits per heavy atom. The zero-order valence-electron chi connectivity index (χ0n) is 11.8. The van der Waals surface area contributed by atoms with Gasteiger partial charge in [-0.15, -0.1) is 0 Å². The van der Waals surface area contributed by atoms with Crippen LogP contribution in [-0.4, -0.2) is 18.0 Å². The summed E-state index contributed by atoms with van der Waals surface area (Å²) in [5.74, 6) is 0.254. The van der Waals surface area contributed by atoms with E-state index >= 15 is 0 Å². The van der Waals surface area contributed by atoms with Gasteiger partial charge in [0, 0.05) is 18.7 Å². The first-order valence-corrected chi connectivity index (χ1v) is 7.22. The molecular weight excluding hydrogens is 263 g/mol. The minimum atomic E-state index is -0.280. The van der Waals surface area contributed by atoms with Gasteiger partial charge in [0.1, 0.15) is 5.82 Å². The summed E-state index contributed by atoms with van der Waals surface area (Å²) in [5, 5.41) is 8.77. The number of hydrogen-bond acceptors (Lipinski definition) is 2. The Kier molecular flexibility index (Phi) is 3.98. The van der Waals surface area contributed by atoms with Crippen LogP contribution >= 0.6 is 0 Å². The zero-order valence-corrected chi connectivity index (χ0v) is 11.8. The Balaban J connectivity index is 1.66. The minimum Gasteiger partial charge on any atom is -0.298 e. The van der Waals surface area contributed by atoms with Crippen molar-refractivity contribution < 1.29 is 4.39 Å². The average molecular weight is 280 g/mol. The lowest BCUT2D eigenvalue weighted by molar-refractivity contribution is 0.321. The molecule has 0 saturated carbocycles. The summed E-state index contributed by atoms with van der Waals surface area (Å²) in [6, 6.07) is 17.2. The summed E-state index contributed by atoms with van der Waals surface area (Å²) in [7, 11) is 0. The first kappa shape index (κ1) is 13.8. The van der Waals surface area contributed by atoms with Gasteiger partial charge in [0.05, 0.1) is 11.6 Å². The molecule has 3 heteroatoms. The molecule has 2 aromatic carbocycles. The summed E-state index contributed by atoms with van der Waals surface area (Å²) in [6.07, 6.45) is 1.11. The van der Waals surface area contributed by atoms with E-state index in [1.54, 1.807) is 12.1 Å². The highest BCUT2D eigenvalue weighted by molar-refractivity contribution is 5.33. The highest BCUT2D eigenvalue weighted by Crippen LogP contribution is 2.28. The third-order valence-electron chi connectivity index (χ3n) is 4.12. The maximum absolute atomic E-state index is 13.9. The van der Waals surface area contributed by atoms with Crippen molar-refractivity contribution in [3.05, 3.63) is 71.0 Å². The number of nitrogens with zero attached hydrogens (tertiary/aromatic N) is 2. The molecule has 1 atom stereocenters. The van der Waals surface area contributed by atoms with Crippen LogP contribution in [0.15, 0.2) is 48.5 Å². The van der Waals surface area contributed by atoms with Crippen molar-refractivity contribution in [2.75, 3.05) is 13.1 Å². The van der Waals surface area contributed by atoms with E-state index in [1.807, 2.05) is 12.1 Å². The van der Waals surface area contributed by atoms with E-state index in [4.69, 9.17) is 5.26 Å². The topological polar surface area (TPSA) is 27.0 Å². The lowest BCUT2D eigenvalue weighted by Crippen LogP contribution is -2.20. The van der Waals surface area contributed by atoms with Crippen LogP contribution in [0.2, 0.25) is 0 Å². The number of halogens is 1. The highest BCUT2D eigenvalue weighted by atomic mass is 19.1. The van der Waals surface area contributed by atoms with Gasteiger partial charge < -0.3 is 0 Å². The fourth-order valence-electron chi connectivity index (χ4n) is 2.96. The first-order valence-electron chi connectivity index (χ1n) is 7.22. The molecule has 106 valence electrons. The lowest BCUT2D eigenvalue weighted by Gasteiger charge is -2.16. The molecule has 2 aromatic rings. The number of likely N-dealkylation sites (tertiary alicyclic amines) is 1. The standard InChI is InChI=1S/C18H17FN2/c19-18-10-14(11-20)6-7-17(18)13-21-9-8-16(12-21)15-4-2-1-3-5-15/h1-7,10,16H,8-9,12-13H2. The second-order valence-electron chi connectivity index (χ2n) is 5.55. The predicted molar refractivity (Wildman–Crippen MR) is 80.2 cm³/mol. The van der Waals surface area contributed by atoms with Gasteiger partial charge in [0.25, 0.3) is 0 Å². The Bertz CT molecular complexity index is 661. The Labute approximate surface area is 124 Å². The van der Waals surface area contributed by atoms with E-state index in [-0.39, 0.29) is 5.82 Å². The van der Waals surface area contributed by atoms with Crippen molar-refractivity contribution in [3.8, 4) is 6.07 Å². The van der Waals surface area contributed by atoms with Crippen LogP contribution in [0.5, 0.6) is 0 Å². The van der Waals surface area contributed by atoms with Crippen molar-refractivity contribution >= 4 is 0 Å². The Hall–Kier alpha value is -2.18. The van der Waals surface area contributed by atoms with Crippen LogP contribution in [0.4, 0.5) is 4.39 Å². The number of nitriles is 1. The van der Waals surface area contributed by atoms with Gasteiger partial charge in [0.2, 0.25) is 0 Å². The molecule has 1 unspecified atom stereocenters. The van der Waals surface area contributed by atoms with Crippen molar-refractivity contribution in [1.82, 2.24) is 4.90 Å². The molecule has 0 amide bonds. The first-order chi connectivity index (χ1) is 10.3. The molecule has 21 heavy (non-hydrogen) atoms. The van der Waals surface area contributed by atoms with Crippen molar-refractivity contribution in [2.24, 2.45) is 0 Å². The van der Waals surface area contributed by atoms with E-state index in [0.717, 1.165) is 19.5 Å². The highest BCUT2D eigenvalue weighted by Gasteiger charge is 2.24. The molecule has 0 spiro atoms. The van der Waals surface area contributed by atoms with Gasteiger partial charge >= 0.3 is 0 Å². The van der Waals surface area contributed by atoms with Gasteiger partial charge in [-0.25, -0.2) is 4.39 Å². The van der Waals surface area contributed by atoms with Gasteiger partial charge in [0.15, 0.2) is 0 Å². The van der Waals surface area contributed by atoms with E-state index in [0.29, 0.717) is 23.6 Å². The van der Waals surface area contributed by atoms with Crippen LogP contribution in [0.25, 0.3) is 0 Å². The normalized spacial score (nSPS) is 18.6. The second-order valence-corrected chi connectivity index (χ2v) is 5.55. The van der Waals surface area contributed by atoms with Crippen molar-refractivity contribution in [3.63, 3.8) is 0 Å². The molecule has 1 heterocycles. The number of benzene rings is 2. The summed E-state index contributed by atoms with van der Waals surface area (Å²) in [4.78, 5) is 2.28. The van der Waals surface area contributed by atoms with Crippen LogP contribution in [0.1, 0.15) is 29.0 Å². The monoisotopic (exact) mass is 280 g/mol. The van der Waals surface area contributed by atoms with Crippen LogP contribution < -0.4 is 0 Å². The van der Waals surface area contributed by atoms with Crippen molar-refractivity contribution in [2.45, 2.75) is 18.9 Å². The maximum atomic E-state index is 13.9. The summed E-state index contributed by atoms with van der Waals surface area (Å²) in [5.41, 5.74) is 2.41. The van der Waals surface area contributed by atoms with Gasteiger partial charge in [-0.05, 0) is 36.6 Å². The third kappa shape index (κ3) is 3.12. The lowest BCUT2D eigenvalue weighted by atomic mass is 9.99. The van der Waals surface area contributed by atoms with Gasteiger partial charge in [-0.3, -0.25) is 4.90 Å². The van der Waals surface area contributed by atoms with E-state index in [9.17, 15) is 4.39 Å². The van der Waals surface area contributed by atoms with Crippen LogP contribution in [0, 0.1) is 17.1 Å². The fraction of sp³-hybridized carbons (Fsp3) is 0.278. The zero-order chi connectivity index (χ0) is 14.7. The fourth-order valence-corrected chi connectivity index (χ4v) is 2.96. The Morgan fingerprint density at radius 1 is 1.19 bits per heavy atom. The number of rotatable bonds is 3. The largest absolute Gasteiger partial charge is 0.298 e. The van der Waals surface area contributed by atoms with E-state index in [2.05, 4.69) is 29.2 Å². The van der Waals surface area contributed by atoms with Crippen LogP contribution in [0.3, 0.4) is 0 Å². The predicted octanol–water partition coefficient (Wildman–Crippen LogP) is 3.69. The molecule has 0 bridgehead atoms. The molecule has 1 aliphatic rings. The molecule has 0 aromatic heterocycles. The third-order valence-corrected chi connectivity index (χ3v) is 4.12. The maximum Gasteiger partial charge on any atom is 0.129 e. The molecule has 0 radical (unpaired) electrons. The van der Waals surface area contributed by atoms with E-state index in [1.165, 1.54) is 11.6 Å². The summed E-state index contributed by atoms with van der Waals surface area (Å²) < 4.78 is 13.9. The molecule has 1 saturated heterocycles. The second kappa shape index (κ2) is 6.07. The smallest absolute Gasteiger partial charge is 0.129 e. The van der Waals surface area contributed by atoms with Crippen LogP contribution in [-0.2, 0) is 6.54 Å². The molecule has 2 nitrogen and oxygen atoms in total. The van der Waals surface area contributed by atoms with Gasteiger partial charge in [-0.2, -0.15) is 5.26 Å². The summed E-state index contributed by atoms with van der Waals surface area (Å²) >= 11 is 0. The molecule has 0 N–H and O–H groups in total. The number of hydrogen-bond donors (Lipinski definition) is 0. The SMILES string of the molecule is N#Cc1ccc(CN2CCC(c3ccccc3)C2)c(F)c1. The molecular formula is C18H17FN2. The van der Waals surface area contributed by atoms with E-state index < -0.39 is 0 Å².